The predicted molar refractivity (Wildman–Crippen MR) is 47.3 cm³/mol. The molecule has 0 saturated heterocycles. The van der Waals surface area contributed by atoms with Crippen molar-refractivity contribution in [3.63, 3.8) is 0 Å². The highest BCUT2D eigenvalue weighted by Crippen LogP contribution is 2.45. The molecule has 0 aliphatic carbocycles. The van der Waals surface area contributed by atoms with E-state index in [4.69, 9.17) is 0 Å². The Morgan fingerprint density at radius 3 is 1.36 bits per heavy atom. The van der Waals surface area contributed by atoms with Gasteiger partial charge in [0.05, 0.1) is 0 Å². The van der Waals surface area contributed by atoms with Gasteiger partial charge in [-0.1, -0.05) is 4.13 Å². The van der Waals surface area contributed by atoms with Crippen LogP contribution < -0.4 is 4.13 Å². The van der Waals surface area contributed by atoms with Crippen molar-refractivity contribution < 1.29 is 60.7 Å². The van der Waals surface area contributed by atoms with Crippen molar-refractivity contribution in [3.8, 4) is 0 Å². The van der Waals surface area contributed by atoms with Gasteiger partial charge in [-0.15, -0.1) is 0 Å². The number of alkyl halides is 7. The lowest BCUT2D eigenvalue weighted by Crippen LogP contribution is -2.55. The Balaban J connectivity index is 6.09. The lowest BCUT2D eigenvalue weighted by Gasteiger charge is -2.24. The summed E-state index contributed by atoms with van der Waals surface area (Å²) in [6.07, 6.45) is -4.10. The molecule has 0 bridgehead atoms. The van der Waals surface area contributed by atoms with Gasteiger partial charge < -0.3 is 0 Å². The number of nitrogens with one attached hydrogen (secondary N) is 1. The number of halogens is 10. The SMILES string of the molecule is O=S(=O)(NS(=O)(=O)C(F)(F)C(F)(F)C(F)=C(F)F)C(F)(F)F. The lowest BCUT2D eigenvalue weighted by molar-refractivity contribution is -0.144. The highest BCUT2D eigenvalue weighted by Gasteiger charge is 2.71. The Bertz CT molecular complexity index is 671. The summed E-state index contributed by atoms with van der Waals surface area (Å²) in [5.74, 6) is -11.1. The van der Waals surface area contributed by atoms with Crippen LogP contribution in [-0.4, -0.2) is 33.5 Å². The number of allylic oxidation sites excluding steroid dienone is 1. The minimum absolute atomic E-state index is 0.832. The molecule has 0 aromatic rings. The highest BCUT2D eigenvalue weighted by molar-refractivity contribution is 8.05. The summed E-state index contributed by atoms with van der Waals surface area (Å²) in [7, 11) is -14.6. The van der Waals surface area contributed by atoms with Gasteiger partial charge in [-0.25, -0.2) is 16.8 Å². The van der Waals surface area contributed by atoms with Crippen LogP contribution in [0.15, 0.2) is 11.9 Å². The molecule has 5 nitrogen and oxygen atoms in total. The zero-order valence-corrected chi connectivity index (χ0v) is 10.9. The molecule has 0 spiro atoms. The van der Waals surface area contributed by atoms with Gasteiger partial charge in [-0.05, 0) is 0 Å². The van der Waals surface area contributed by atoms with E-state index in [0.717, 1.165) is 0 Å². The Labute approximate surface area is 114 Å². The average Bonchev–Trinajstić information content (AvgIpc) is 2.24. The van der Waals surface area contributed by atoms with Crippen molar-refractivity contribution in [2.75, 3.05) is 0 Å². The molecule has 132 valence electrons. The van der Waals surface area contributed by atoms with E-state index >= 15 is 0 Å². The van der Waals surface area contributed by atoms with E-state index in [1.54, 1.807) is 0 Å². The zero-order valence-electron chi connectivity index (χ0n) is 9.23. The summed E-state index contributed by atoms with van der Waals surface area (Å²) in [6.45, 7) is 0. The van der Waals surface area contributed by atoms with Gasteiger partial charge in [-0.3, -0.25) is 0 Å². The first-order valence-corrected chi connectivity index (χ1v) is 7.09. The number of hydrogen-bond acceptors (Lipinski definition) is 4. The topological polar surface area (TPSA) is 80.3 Å². The second-order valence-corrected chi connectivity index (χ2v) is 6.86. The maximum atomic E-state index is 12.9. The Kier molecular flexibility index (Phi) is 5.24. The van der Waals surface area contributed by atoms with Gasteiger partial charge in [0.15, 0.2) is 0 Å². The molecule has 0 unspecified atom stereocenters. The first-order valence-electron chi connectivity index (χ1n) is 4.12. The van der Waals surface area contributed by atoms with Crippen LogP contribution in [0.5, 0.6) is 0 Å². The van der Waals surface area contributed by atoms with Crippen molar-refractivity contribution in [2.45, 2.75) is 16.7 Å². The summed E-state index contributed by atoms with van der Waals surface area (Å²) in [5, 5.41) is -6.99. The first-order chi connectivity index (χ1) is 9.31. The molecule has 0 aromatic carbocycles. The van der Waals surface area contributed by atoms with Gasteiger partial charge in [0, 0.05) is 0 Å². The third kappa shape index (κ3) is 3.45. The monoisotopic (exact) mass is 393 g/mol. The molecule has 0 atom stereocenters. The smallest absolute Gasteiger partial charge is 0.205 e. The van der Waals surface area contributed by atoms with Crippen LogP contribution in [0.3, 0.4) is 0 Å². The molecular formula is C5HF10NO4S2. The molecule has 1 N–H and O–H groups in total. The Morgan fingerprint density at radius 2 is 1.09 bits per heavy atom. The summed E-state index contributed by atoms with van der Waals surface area (Å²) >= 11 is 0. The normalized spacial score (nSPS) is 14.8. The van der Waals surface area contributed by atoms with Crippen LogP contribution in [-0.2, 0) is 20.0 Å². The fraction of sp³-hybridized carbons (Fsp3) is 0.600. The summed E-state index contributed by atoms with van der Waals surface area (Å²) in [4.78, 5) is 0. The maximum Gasteiger partial charge on any atom is 0.512 e. The summed E-state index contributed by atoms with van der Waals surface area (Å²) < 4.78 is 163. The summed E-state index contributed by atoms with van der Waals surface area (Å²) in [6, 6.07) is 0. The van der Waals surface area contributed by atoms with Crippen LogP contribution in [0.4, 0.5) is 43.9 Å². The van der Waals surface area contributed by atoms with E-state index < -0.39 is 52.8 Å². The van der Waals surface area contributed by atoms with Crippen LogP contribution in [0.1, 0.15) is 0 Å². The maximum absolute atomic E-state index is 12.9. The van der Waals surface area contributed by atoms with Gasteiger partial charge in [0.1, 0.15) is 0 Å². The van der Waals surface area contributed by atoms with Crippen molar-refractivity contribution in [3.05, 3.63) is 11.9 Å². The molecule has 0 aromatic heterocycles. The molecule has 0 fully saturated rings. The van der Waals surface area contributed by atoms with E-state index in [9.17, 15) is 60.7 Å². The third-order valence-corrected chi connectivity index (χ3v) is 4.96. The van der Waals surface area contributed by atoms with E-state index in [2.05, 4.69) is 0 Å². The minimum Gasteiger partial charge on any atom is -0.205 e. The van der Waals surface area contributed by atoms with Crippen molar-refractivity contribution in [1.29, 1.82) is 0 Å². The van der Waals surface area contributed by atoms with Crippen molar-refractivity contribution >= 4 is 20.0 Å². The van der Waals surface area contributed by atoms with E-state index in [0.29, 0.717) is 0 Å². The molecule has 22 heavy (non-hydrogen) atoms. The van der Waals surface area contributed by atoms with Gasteiger partial charge in [-0.2, -0.15) is 43.9 Å². The number of sulfonamides is 2. The van der Waals surface area contributed by atoms with E-state index in [1.165, 1.54) is 0 Å². The van der Waals surface area contributed by atoms with Crippen LogP contribution in [0.2, 0.25) is 0 Å². The number of rotatable bonds is 5. The molecule has 0 heterocycles. The lowest BCUT2D eigenvalue weighted by atomic mass is 10.3. The fourth-order valence-corrected chi connectivity index (χ4v) is 3.04. The number of hydrogen-bond donors (Lipinski definition) is 1. The Hall–Kier alpha value is -1.10. The molecule has 0 aliphatic heterocycles. The van der Waals surface area contributed by atoms with Crippen LogP contribution in [0, 0.1) is 0 Å². The third-order valence-electron chi connectivity index (χ3n) is 1.67. The van der Waals surface area contributed by atoms with Crippen molar-refractivity contribution in [2.24, 2.45) is 0 Å². The van der Waals surface area contributed by atoms with E-state index in [-0.39, 0.29) is 0 Å². The second kappa shape index (κ2) is 5.52. The molecule has 0 radical (unpaired) electrons. The predicted octanol–water partition coefficient (Wildman–Crippen LogP) is 2.06. The molecular weight excluding hydrogens is 392 g/mol. The van der Waals surface area contributed by atoms with E-state index in [1.807, 2.05) is 0 Å². The largest absolute Gasteiger partial charge is 0.512 e. The average molecular weight is 393 g/mol. The molecule has 0 aliphatic rings. The fourth-order valence-electron chi connectivity index (χ4n) is 0.659. The quantitative estimate of drug-likeness (QED) is 0.726. The van der Waals surface area contributed by atoms with Gasteiger partial charge in [0.25, 0.3) is 10.0 Å². The molecule has 0 saturated carbocycles. The zero-order chi connectivity index (χ0) is 18.4. The molecule has 17 heteroatoms. The molecule has 0 amide bonds. The second-order valence-electron chi connectivity index (χ2n) is 3.20. The van der Waals surface area contributed by atoms with Gasteiger partial charge in [0.2, 0.25) is 5.83 Å². The minimum atomic E-state index is -7.49. The Morgan fingerprint density at radius 1 is 0.727 bits per heavy atom. The highest BCUT2D eigenvalue weighted by atomic mass is 32.3. The summed E-state index contributed by atoms with van der Waals surface area (Å²) in [5.41, 5.74) is -6.52. The van der Waals surface area contributed by atoms with Crippen molar-refractivity contribution in [1.82, 2.24) is 4.13 Å². The van der Waals surface area contributed by atoms with Gasteiger partial charge >= 0.3 is 32.8 Å². The van der Waals surface area contributed by atoms with Crippen LogP contribution in [0.25, 0.3) is 0 Å². The molecule has 0 rings (SSSR count). The standard InChI is InChI=1S/C5HF10NO4S2/c6-1(2(7)8)3(9,10)4(11,12)21(17,18)16-22(19,20)5(13,14)15/h16H. The first kappa shape index (κ1) is 20.9. The van der Waals surface area contributed by atoms with Crippen LogP contribution >= 0.6 is 0 Å².